The molecule has 2 rings (SSSR count). The fourth-order valence-electron chi connectivity index (χ4n) is 1.36. The molecule has 5 nitrogen and oxygen atoms in total. The van der Waals surface area contributed by atoms with Gasteiger partial charge in [-0.3, -0.25) is 4.79 Å². The molecule has 0 saturated carbocycles. The van der Waals surface area contributed by atoms with Gasteiger partial charge in [-0.25, -0.2) is 15.0 Å². The first kappa shape index (κ1) is 14.0. The van der Waals surface area contributed by atoms with Crippen LogP contribution < -0.4 is 5.32 Å². The Kier molecular flexibility index (Phi) is 4.86. The van der Waals surface area contributed by atoms with Gasteiger partial charge in [-0.05, 0) is 19.9 Å². The fourth-order valence-corrected chi connectivity index (χ4v) is 2.81. The summed E-state index contributed by atoms with van der Waals surface area (Å²) in [5.74, 6) is 1.05. The van der Waals surface area contributed by atoms with Crippen molar-refractivity contribution in [3.8, 4) is 0 Å². The first-order valence-corrected chi connectivity index (χ1v) is 7.68. The number of aryl methyl sites for hydroxylation is 1. The Morgan fingerprint density at radius 2 is 2.21 bits per heavy atom. The summed E-state index contributed by atoms with van der Waals surface area (Å²) in [5, 5.41) is 5.42. The zero-order chi connectivity index (χ0) is 13.7. The highest BCUT2D eigenvalue weighted by atomic mass is 32.2. The number of hydrogen-bond acceptors (Lipinski definition) is 6. The average molecular weight is 294 g/mol. The van der Waals surface area contributed by atoms with E-state index in [0.29, 0.717) is 10.9 Å². The van der Waals surface area contributed by atoms with E-state index in [9.17, 15) is 4.79 Å². The van der Waals surface area contributed by atoms with E-state index in [1.54, 1.807) is 18.5 Å². The van der Waals surface area contributed by atoms with Crippen molar-refractivity contribution in [1.29, 1.82) is 0 Å². The van der Waals surface area contributed by atoms with Crippen molar-refractivity contribution in [2.45, 2.75) is 19.1 Å². The second-order valence-corrected chi connectivity index (χ2v) is 6.09. The van der Waals surface area contributed by atoms with Crippen molar-refractivity contribution < 1.29 is 4.79 Å². The van der Waals surface area contributed by atoms with E-state index >= 15 is 0 Å². The zero-order valence-electron chi connectivity index (χ0n) is 10.7. The molecule has 0 spiro atoms. The van der Waals surface area contributed by atoms with Gasteiger partial charge in [-0.1, -0.05) is 0 Å². The number of thioether (sulfide) groups is 1. The van der Waals surface area contributed by atoms with Crippen molar-refractivity contribution in [2.24, 2.45) is 0 Å². The summed E-state index contributed by atoms with van der Waals surface area (Å²) >= 11 is 2.93. The van der Waals surface area contributed by atoms with Crippen LogP contribution in [0.1, 0.15) is 23.7 Å². The van der Waals surface area contributed by atoms with E-state index < -0.39 is 0 Å². The molecule has 0 radical (unpaired) electrons. The molecule has 100 valence electrons. The molecule has 0 aliphatic rings. The zero-order valence-corrected chi connectivity index (χ0v) is 12.3. The first-order valence-electron chi connectivity index (χ1n) is 5.75. The molecule has 1 atom stereocenters. The summed E-state index contributed by atoms with van der Waals surface area (Å²) < 4.78 is 0. The lowest BCUT2D eigenvalue weighted by Gasteiger charge is -2.08. The number of anilines is 1. The van der Waals surface area contributed by atoms with Crippen LogP contribution in [0.5, 0.6) is 0 Å². The maximum absolute atomic E-state index is 11.8. The third-order valence-electron chi connectivity index (χ3n) is 2.28. The Labute approximate surface area is 119 Å². The predicted octanol–water partition coefficient (Wildman–Crippen LogP) is 2.67. The number of rotatable bonds is 5. The molecule has 2 aromatic rings. The summed E-state index contributed by atoms with van der Waals surface area (Å²) in [5.41, 5.74) is 0.916. The van der Waals surface area contributed by atoms with Gasteiger partial charge in [0, 0.05) is 17.8 Å². The topological polar surface area (TPSA) is 67.8 Å². The molecular weight excluding hydrogens is 280 g/mol. The molecule has 19 heavy (non-hydrogen) atoms. The highest BCUT2D eigenvalue weighted by molar-refractivity contribution is 8.00. The summed E-state index contributed by atoms with van der Waals surface area (Å²) in [6, 6.07) is 1.78. The molecule has 1 amide bonds. The monoisotopic (exact) mass is 294 g/mol. The molecular formula is C12H14N4OS2. The lowest BCUT2D eigenvalue weighted by atomic mass is 10.4. The molecule has 0 saturated heterocycles. The first-order chi connectivity index (χ1) is 9.15. The van der Waals surface area contributed by atoms with Gasteiger partial charge in [-0.15, -0.1) is 23.1 Å². The quantitative estimate of drug-likeness (QED) is 0.918. The van der Waals surface area contributed by atoms with Crippen molar-refractivity contribution in [3.05, 3.63) is 35.4 Å². The van der Waals surface area contributed by atoms with Crippen molar-refractivity contribution in [3.63, 3.8) is 0 Å². The molecule has 1 N–H and O–H groups in total. The molecule has 0 aliphatic heterocycles. The van der Waals surface area contributed by atoms with Crippen LogP contribution in [0.15, 0.2) is 23.8 Å². The Balaban J connectivity index is 1.80. The molecule has 0 bridgehead atoms. The standard InChI is InChI=1S/C12H14N4OS2/c1-8-6-19-12(15-8)16-10(17)7-18-9(2)11-13-4-3-5-14-11/h3-6,9H,7H2,1-2H3,(H,15,16,17). The molecule has 7 heteroatoms. The summed E-state index contributed by atoms with van der Waals surface area (Å²) in [4.78, 5) is 24.3. The molecule has 0 fully saturated rings. The third kappa shape index (κ3) is 4.29. The molecule has 2 aromatic heterocycles. The van der Waals surface area contributed by atoms with Gasteiger partial charge in [0.25, 0.3) is 0 Å². The highest BCUT2D eigenvalue weighted by Crippen LogP contribution is 2.25. The predicted molar refractivity (Wildman–Crippen MR) is 78.4 cm³/mol. The van der Waals surface area contributed by atoms with E-state index in [2.05, 4.69) is 20.3 Å². The number of nitrogens with one attached hydrogen (secondary N) is 1. The number of amides is 1. The smallest absolute Gasteiger partial charge is 0.236 e. The van der Waals surface area contributed by atoms with Gasteiger partial charge in [0.1, 0.15) is 5.82 Å². The van der Waals surface area contributed by atoms with Crippen molar-refractivity contribution in [2.75, 3.05) is 11.1 Å². The minimum Gasteiger partial charge on any atom is -0.301 e. The molecule has 2 heterocycles. The Bertz CT molecular complexity index is 544. The normalized spacial score (nSPS) is 12.1. The van der Waals surface area contributed by atoms with Crippen molar-refractivity contribution in [1.82, 2.24) is 15.0 Å². The minimum atomic E-state index is -0.0536. The fraction of sp³-hybridized carbons (Fsp3) is 0.333. The second-order valence-electron chi connectivity index (χ2n) is 3.90. The number of thiazole rings is 1. The van der Waals surface area contributed by atoms with Gasteiger partial charge >= 0.3 is 0 Å². The summed E-state index contributed by atoms with van der Waals surface area (Å²) in [7, 11) is 0. The van der Waals surface area contributed by atoms with Crippen LogP contribution in [-0.4, -0.2) is 26.6 Å². The Morgan fingerprint density at radius 3 is 2.84 bits per heavy atom. The van der Waals surface area contributed by atoms with Gasteiger partial charge in [0.05, 0.1) is 16.7 Å². The molecule has 0 aromatic carbocycles. The van der Waals surface area contributed by atoms with E-state index in [0.717, 1.165) is 11.5 Å². The van der Waals surface area contributed by atoms with Gasteiger partial charge in [-0.2, -0.15) is 0 Å². The van der Waals surface area contributed by atoms with E-state index in [-0.39, 0.29) is 11.2 Å². The summed E-state index contributed by atoms with van der Waals surface area (Å²) in [6.07, 6.45) is 3.41. The van der Waals surface area contributed by atoms with Crippen LogP contribution in [0, 0.1) is 6.92 Å². The molecule has 0 aliphatic carbocycles. The van der Waals surface area contributed by atoms with Gasteiger partial charge in [0.15, 0.2) is 5.13 Å². The van der Waals surface area contributed by atoms with Crippen LogP contribution in [0.4, 0.5) is 5.13 Å². The highest BCUT2D eigenvalue weighted by Gasteiger charge is 2.12. The maximum Gasteiger partial charge on any atom is 0.236 e. The Morgan fingerprint density at radius 1 is 1.47 bits per heavy atom. The van der Waals surface area contributed by atoms with Crippen LogP contribution in [0.25, 0.3) is 0 Å². The maximum atomic E-state index is 11.8. The number of hydrogen-bond donors (Lipinski definition) is 1. The van der Waals surface area contributed by atoms with Crippen molar-refractivity contribution >= 4 is 34.1 Å². The van der Waals surface area contributed by atoms with Gasteiger partial charge < -0.3 is 5.32 Å². The second kappa shape index (κ2) is 6.63. The SMILES string of the molecule is Cc1csc(NC(=O)CSC(C)c2ncccn2)n1. The van der Waals surface area contributed by atoms with Crippen LogP contribution in [0.2, 0.25) is 0 Å². The minimum absolute atomic E-state index is 0.0536. The number of nitrogens with zero attached hydrogens (tertiary/aromatic N) is 3. The van der Waals surface area contributed by atoms with E-state index in [4.69, 9.17) is 0 Å². The van der Waals surface area contributed by atoms with Crippen LogP contribution in [-0.2, 0) is 4.79 Å². The van der Waals surface area contributed by atoms with Crippen LogP contribution >= 0.6 is 23.1 Å². The number of aromatic nitrogens is 3. The molecule has 1 unspecified atom stereocenters. The largest absolute Gasteiger partial charge is 0.301 e. The average Bonchev–Trinajstić information content (AvgIpc) is 2.82. The lowest BCUT2D eigenvalue weighted by molar-refractivity contribution is -0.113. The lowest BCUT2D eigenvalue weighted by Crippen LogP contribution is -2.14. The number of carbonyl (C=O) groups excluding carboxylic acids is 1. The van der Waals surface area contributed by atoms with Crippen LogP contribution in [0.3, 0.4) is 0 Å². The number of carbonyl (C=O) groups is 1. The summed E-state index contributed by atoms with van der Waals surface area (Å²) in [6.45, 7) is 3.89. The van der Waals surface area contributed by atoms with E-state index in [1.165, 1.54) is 23.1 Å². The third-order valence-corrected chi connectivity index (χ3v) is 4.29. The van der Waals surface area contributed by atoms with E-state index in [1.807, 2.05) is 19.2 Å². The Hall–Kier alpha value is -1.47. The van der Waals surface area contributed by atoms with Gasteiger partial charge in [0.2, 0.25) is 5.91 Å².